The highest BCUT2D eigenvalue weighted by molar-refractivity contribution is 6.04. The van der Waals surface area contributed by atoms with Gasteiger partial charge in [0.05, 0.1) is 5.69 Å². The quantitative estimate of drug-likeness (QED) is 0.343. The third kappa shape index (κ3) is 7.23. The number of anilines is 2. The molecule has 9 nitrogen and oxygen atoms in total. The Morgan fingerprint density at radius 3 is 2.50 bits per heavy atom. The van der Waals surface area contributed by atoms with Gasteiger partial charge in [-0.3, -0.25) is 9.59 Å². The Morgan fingerprint density at radius 2 is 1.85 bits per heavy atom. The van der Waals surface area contributed by atoms with E-state index in [4.69, 9.17) is 5.73 Å². The second-order valence-electron chi connectivity index (χ2n) is 8.96. The number of pyridine rings is 1. The Bertz CT molecular complexity index is 1500. The van der Waals surface area contributed by atoms with Crippen molar-refractivity contribution in [3.63, 3.8) is 0 Å². The van der Waals surface area contributed by atoms with Crippen molar-refractivity contribution in [1.29, 1.82) is 0 Å². The van der Waals surface area contributed by atoms with Gasteiger partial charge in [0, 0.05) is 42.3 Å². The first-order chi connectivity index (χ1) is 19.4. The van der Waals surface area contributed by atoms with Gasteiger partial charge in [-0.2, -0.15) is 0 Å². The summed E-state index contributed by atoms with van der Waals surface area (Å²) >= 11 is 0. The van der Waals surface area contributed by atoms with E-state index >= 15 is 0 Å². The molecule has 0 saturated carbocycles. The summed E-state index contributed by atoms with van der Waals surface area (Å²) in [6.45, 7) is 10.7. The average Bonchev–Trinajstić information content (AvgIpc) is 3.62. The number of aryl methyl sites for hydroxylation is 1. The lowest BCUT2D eigenvalue weighted by Crippen LogP contribution is -2.32. The van der Waals surface area contributed by atoms with Crippen molar-refractivity contribution < 1.29 is 9.59 Å². The molecular formula is C31H37N7O2. The number of nitrogens with zero attached hydrogens (tertiary/aromatic N) is 5. The van der Waals surface area contributed by atoms with E-state index in [0.717, 1.165) is 48.1 Å². The summed E-state index contributed by atoms with van der Waals surface area (Å²) in [6.07, 6.45) is 9.94. The van der Waals surface area contributed by atoms with Crippen molar-refractivity contribution in [3.05, 3.63) is 72.4 Å². The standard InChI is InChI=1S/C20H18N6O.C9H13NO.C2H6/c1-2-13-7-8-22-16(11-13)25-20(27)15-5-3-14(4-6-15)17-18-19(21)23-9-10-26(18)12-24-17;1-3-5-9(11)10-7-4-6-8(10)2;1-2/h3-12H,2H2,1H3,(H2,21,23)(H,22,25,27);8H,4,6-7H2,1-2H3;1-2H3/t;8-;/m.1./s1. The minimum atomic E-state index is -0.210. The zero-order valence-corrected chi connectivity index (χ0v) is 23.8. The molecule has 1 aliphatic rings. The number of rotatable bonds is 4. The van der Waals surface area contributed by atoms with Crippen LogP contribution in [0.5, 0.6) is 0 Å². The van der Waals surface area contributed by atoms with Gasteiger partial charge in [-0.15, -0.1) is 0 Å². The van der Waals surface area contributed by atoms with E-state index in [1.807, 2.05) is 47.4 Å². The molecule has 1 fully saturated rings. The lowest BCUT2D eigenvalue weighted by Gasteiger charge is -2.17. The van der Waals surface area contributed by atoms with Crippen LogP contribution < -0.4 is 11.1 Å². The fraction of sp³-hybridized carbons (Fsp3) is 0.323. The SMILES string of the molecule is CC.CC#CC(=O)N1CCC[C@H]1C.CCc1ccnc(NC(=O)c2ccc(-c3ncn4ccnc(N)c34)cc2)c1. The van der Waals surface area contributed by atoms with Crippen LogP contribution in [0.2, 0.25) is 0 Å². The summed E-state index contributed by atoms with van der Waals surface area (Å²) in [6, 6.07) is 11.4. The summed E-state index contributed by atoms with van der Waals surface area (Å²) in [7, 11) is 0. The number of nitrogens with two attached hydrogens (primary N) is 1. The highest BCUT2D eigenvalue weighted by Crippen LogP contribution is 2.26. The average molecular weight is 540 g/mol. The number of imidazole rings is 1. The number of hydrogen-bond donors (Lipinski definition) is 2. The number of carbonyl (C=O) groups excluding carboxylic acids is 2. The van der Waals surface area contributed by atoms with E-state index in [9.17, 15) is 9.59 Å². The number of nitrogen functional groups attached to an aromatic ring is 1. The van der Waals surface area contributed by atoms with Crippen LogP contribution in [-0.2, 0) is 11.2 Å². The Morgan fingerprint density at radius 1 is 1.10 bits per heavy atom. The summed E-state index contributed by atoms with van der Waals surface area (Å²) in [5.41, 5.74) is 9.97. The maximum Gasteiger partial charge on any atom is 0.298 e. The molecule has 0 unspecified atom stereocenters. The summed E-state index contributed by atoms with van der Waals surface area (Å²) in [4.78, 5) is 38.3. The topological polar surface area (TPSA) is 119 Å². The Hall–Kier alpha value is -4.71. The number of hydrogen-bond acceptors (Lipinski definition) is 6. The summed E-state index contributed by atoms with van der Waals surface area (Å²) in [5, 5.41) is 2.83. The zero-order chi connectivity index (χ0) is 29.1. The van der Waals surface area contributed by atoms with Crippen LogP contribution in [-0.4, -0.2) is 48.7 Å². The van der Waals surface area contributed by atoms with Crippen molar-refractivity contribution in [1.82, 2.24) is 24.3 Å². The zero-order valence-electron chi connectivity index (χ0n) is 23.8. The van der Waals surface area contributed by atoms with E-state index in [1.165, 1.54) is 0 Å². The van der Waals surface area contributed by atoms with Crippen molar-refractivity contribution in [2.24, 2.45) is 0 Å². The lowest BCUT2D eigenvalue weighted by atomic mass is 10.1. The molecular weight excluding hydrogens is 502 g/mol. The number of amides is 2. The molecule has 1 aliphatic heterocycles. The Kier molecular flexibility index (Phi) is 10.8. The van der Waals surface area contributed by atoms with Crippen LogP contribution in [0.3, 0.4) is 0 Å². The first-order valence-electron chi connectivity index (χ1n) is 13.6. The molecule has 3 aromatic heterocycles. The van der Waals surface area contributed by atoms with Crippen molar-refractivity contribution >= 4 is 29.0 Å². The van der Waals surface area contributed by atoms with Crippen LogP contribution in [0, 0.1) is 11.8 Å². The molecule has 4 aromatic rings. The van der Waals surface area contributed by atoms with Gasteiger partial charge < -0.3 is 20.4 Å². The van der Waals surface area contributed by atoms with Crippen molar-refractivity contribution in [2.75, 3.05) is 17.6 Å². The van der Waals surface area contributed by atoms with Gasteiger partial charge in [0.1, 0.15) is 23.5 Å². The molecule has 208 valence electrons. The summed E-state index contributed by atoms with van der Waals surface area (Å²) < 4.78 is 1.82. The minimum Gasteiger partial charge on any atom is -0.382 e. The van der Waals surface area contributed by atoms with Gasteiger partial charge in [0.25, 0.3) is 11.8 Å². The second-order valence-corrected chi connectivity index (χ2v) is 8.96. The number of nitrogens with one attached hydrogen (secondary N) is 1. The number of fused-ring (bicyclic) bond motifs is 1. The molecule has 5 rings (SSSR count). The molecule has 2 amide bonds. The summed E-state index contributed by atoms with van der Waals surface area (Å²) in [5.74, 6) is 5.91. The largest absolute Gasteiger partial charge is 0.382 e. The Balaban J connectivity index is 0.000000285. The molecule has 0 bridgehead atoms. The molecule has 9 heteroatoms. The van der Waals surface area contributed by atoms with Gasteiger partial charge in [-0.05, 0) is 68.9 Å². The fourth-order valence-electron chi connectivity index (χ4n) is 4.33. The van der Waals surface area contributed by atoms with E-state index in [0.29, 0.717) is 23.2 Å². The van der Waals surface area contributed by atoms with Gasteiger partial charge in [-0.1, -0.05) is 38.8 Å². The van der Waals surface area contributed by atoms with Crippen LogP contribution in [0.1, 0.15) is 63.4 Å². The highest BCUT2D eigenvalue weighted by atomic mass is 16.2. The molecule has 0 radical (unpaired) electrons. The molecule has 40 heavy (non-hydrogen) atoms. The third-order valence-electron chi connectivity index (χ3n) is 6.42. The number of benzene rings is 1. The first-order valence-corrected chi connectivity index (χ1v) is 13.6. The van der Waals surface area contributed by atoms with Crippen LogP contribution >= 0.6 is 0 Å². The van der Waals surface area contributed by atoms with Gasteiger partial charge in [-0.25, -0.2) is 15.0 Å². The minimum absolute atomic E-state index is 0.0162. The second kappa shape index (κ2) is 14.4. The fourth-order valence-corrected chi connectivity index (χ4v) is 4.33. The maximum absolute atomic E-state index is 12.5. The van der Waals surface area contributed by atoms with Gasteiger partial charge >= 0.3 is 0 Å². The predicted octanol–water partition coefficient (Wildman–Crippen LogP) is 5.24. The number of aromatic nitrogens is 4. The van der Waals surface area contributed by atoms with Crippen molar-refractivity contribution in [2.45, 2.75) is 59.9 Å². The van der Waals surface area contributed by atoms with E-state index in [1.54, 1.807) is 44.0 Å². The molecule has 3 N–H and O–H groups in total. The molecule has 4 heterocycles. The molecule has 0 spiro atoms. The van der Waals surface area contributed by atoms with Gasteiger partial charge in [0.15, 0.2) is 0 Å². The highest BCUT2D eigenvalue weighted by Gasteiger charge is 2.23. The molecule has 1 saturated heterocycles. The predicted molar refractivity (Wildman–Crippen MR) is 160 cm³/mol. The van der Waals surface area contributed by atoms with Crippen LogP contribution in [0.25, 0.3) is 16.8 Å². The number of carbonyl (C=O) groups is 2. The van der Waals surface area contributed by atoms with Crippen molar-refractivity contribution in [3.8, 4) is 23.1 Å². The smallest absolute Gasteiger partial charge is 0.298 e. The number of likely N-dealkylation sites (tertiary alicyclic amines) is 1. The third-order valence-corrected chi connectivity index (χ3v) is 6.42. The monoisotopic (exact) mass is 539 g/mol. The van der Waals surface area contributed by atoms with Gasteiger partial charge in [0.2, 0.25) is 0 Å². The molecule has 1 atom stereocenters. The maximum atomic E-state index is 12.5. The van der Waals surface area contributed by atoms with Crippen LogP contribution in [0.15, 0.2) is 61.3 Å². The first kappa shape index (κ1) is 29.8. The molecule has 1 aromatic carbocycles. The van der Waals surface area contributed by atoms with E-state index in [-0.39, 0.29) is 11.8 Å². The molecule has 0 aliphatic carbocycles. The lowest BCUT2D eigenvalue weighted by molar-refractivity contribution is -0.125. The van der Waals surface area contributed by atoms with E-state index < -0.39 is 0 Å². The van der Waals surface area contributed by atoms with E-state index in [2.05, 4.69) is 46.0 Å². The van der Waals surface area contributed by atoms with Crippen LogP contribution in [0.4, 0.5) is 11.6 Å². The normalized spacial score (nSPS) is 13.7. The Labute approximate surface area is 235 Å².